The second-order valence-corrected chi connectivity index (χ2v) is 6.72. The number of ether oxygens (including phenoxy) is 1. The normalized spacial score (nSPS) is 17.3. The zero-order valence-electron chi connectivity index (χ0n) is 14.1. The smallest absolute Gasteiger partial charge is 0.290 e. The molecule has 1 unspecified atom stereocenters. The van der Waals surface area contributed by atoms with Gasteiger partial charge in [0.15, 0.2) is 11.5 Å². The first kappa shape index (κ1) is 17.2. The Kier molecular flexibility index (Phi) is 4.90. The minimum absolute atomic E-state index is 0.192. The Morgan fingerprint density at radius 1 is 1.32 bits per heavy atom. The van der Waals surface area contributed by atoms with Crippen LogP contribution in [0.2, 0.25) is 0 Å². The molecule has 3 rings (SSSR count). The number of hydrogen-bond acceptors (Lipinski definition) is 5. The van der Waals surface area contributed by atoms with E-state index in [-0.39, 0.29) is 24.3 Å². The largest absolute Gasteiger partial charge is 0.503 e. The number of hydrogen-bond donors (Lipinski definition) is 1. The first-order valence-electron chi connectivity index (χ1n) is 8.00. The monoisotopic (exact) mass is 357 g/mol. The van der Waals surface area contributed by atoms with Gasteiger partial charge in [0.2, 0.25) is 0 Å². The molecule has 1 amide bonds. The molecule has 0 radical (unpaired) electrons. The quantitative estimate of drug-likeness (QED) is 0.857. The molecule has 5 nitrogen and oxygen atoms in total. The van der Waals surface area contributed by atoms with Gasteiger partial charge >= 0.3 is 0 Å². The van der Waals surface area contributed by atoms with Crippen LogP contribution in [0.25, 0.3) is 0 Å². The van der Waals surface area contributed by atoms with E-state index in [1.165, 1.54) is 11.3 Å². The molecule has 1 aromatic carbocycles. The van der Waals surface area contributed by atoms with E-state index in [1.807, 2.05) is 41.8 Å². The summed E-state index contributed by atoms with van der Waals surface area (Å²) in [5.74, 6) is -0.470. The van der Waals surface area contributed by atoms with Crippen molar-refractivity contribution in [3.8, 4) is 5.75 Å². The van der Waals surface area contributed by atoms with Gasteiger partial charge < -0.3 is 14.7 Å². The number of carbonyl (C=O) groups excluding carboxylic acids is 2. The first-order chi connectivity index (χ1) is 12.1. The van der Waals surface area contributed by atoms with Crippen molar-refractivity contribution in [3.63, 3.8) is 0 Å². The number of carbonyl (C=O) groups is 2. The maximum absolute atomic E-state index is 12.6. The zero-order valence-corrected chi connectivity index (χ0v) is 14.9. The minimum Gasteiger partial charge on any atom is -0.503 e. The average Bonchev–Trinajstić information content (AvgIpc) is 3.24. The van der Waals surface area contributed by atoms with Gasteiger partial charge in [-0.05, 0) is 29.1 Å². The van der Waals surface area contributed by atoms with Crippen LogP contribution in [0.4, 0.5) is 0 Å². The van der Waals surface area contributed by atoms with Crippen LogP contribution in [-0.4, -0.2) is 28.8 Å². The van der Waals surface area contributed by atoms with Gasteiger partial charge in [-0.3, -0.25) is 9.59 Å². The third kappa shape index (κ3) is 3.17. The molecule has 1 atom stereocenters. The van der Waals surface area contributed by atoms with Crippen LogP contribution in [0.3, 0.4) is 0 Å². The number of aliphatic hydroxyl groups excluding tert-OH is 1. The molecule has 1 N–H and O–H groups in total. The molecule has 1 aliphatic heterocycles. The maximum Gasteiger partial charge on any atom is 0.290 e. The van der Waals surface area contributed by atoms with Crippen molar-refractivity contribution in [2.45, 2.75) is 25.9 Å². The van der Waals surface area contributed by atoms with Crippen molar-refractivity contribution in [1.82, 2.24) is 4.90 Å². The first-order valence-corrected chi connectivity index (χ1v) is 8.88. The molecule has 0 spiro atoms. The molecule has 0 saturated heterocycles. The highest BCUT2D eigenvalue weighted by molar-refractivity contribution is 7.10. The van der Waals surface area contributed by atoms with Crippen LogP contribution in [0, 0.1) is 0 Å². The molecule has 1 aromatic heterocycles. The fourth-order valence-corrected chi connectivity index (χ4v) is 3.85. The summed E-state index contributed by atoms with van der Waals surface area (Å²) in [6.45, 7) is 2.01. The molecule has 0 fully saturated rings. The SMILES string of the molecule is CCC(=O)C1=C(O)C(=O)N(Cc2cccc(OC)c2)C1c1cccs1. The fourth-order valence-electron chi connectivity index (χ4n) is 3.00. The summed E-state index contributed by atoms with van der Waals surface area (Å²) in [4.78, 5) is 27.4. The van der Waals surface area contributed by atoms with Crippen molar-refractivity contribution in [2.24, 2.45) is 0 Å². The van der Waals surface area contributed by atoms with Crippen LogP contribution in [0.15, 0.2) is 53.1 Å². The number of aliphatic hydroxyl groups is 1. The lowest BCUT2D eigenvalue weighted by molar-refractivity contribution is -0.130. The molecule has 2 aromatic rings. The van der Waals surface area contributed by atoms with Crippen LogP contribution in [-0.2, 0) is 16.1 Å². The molecule has 25 heavy (non-hydrogen) atoms. The van der Waals surface area contributed by atoms with E-state index in [0.29, 0.717) is 5.75 Å². The lowest BCUT2D eigenvalue weighted by Crippen LogP contribution is -2.30. The molecule has 2 heterocycles. The Balaban J connectivity index is 2.00. The Hall–Kier alpha value is -2.60. The van der Waals surface area contributed by atoms with Gasteiger partial charge in [-0.1, -0.05) is 25.1 Å². The van der Waals surface area contributed by atoms with Gasteiger partial charge in [-0.2, -0.15) is 0 Å². The summed E-state index contributed by atoms with van der Waals surface area (Å²) in [6.07, 6.45) is 0.238. The molecule has 0 saturated carbocycles. The zero-order chi connectivity index (χ0) is 18.0. The molecule has 0 bridgehead atoms. The Morgan fingerprint density at radius 3 is 2.76 bits per heavy atom. The highest BCUT2D eigenvalue weighted by Crippen LogP contribution is 2.41. The van der Waals surface area contributed by atoms with Crippen molar-refractivity contribution in [2.75, 3.05) is 7.11 Å². The van der Waals surface area contributed by atoms with Crippen molar-refractivity contribution in [3.05, 3.63) is 63.6 Å². The summed E-state index contributed by atoms with van der Waals surface area (Å²) < 4.78 is 5.23. The highest BCUT2D eigenvalue weighted by Gasteiger charge is 2.43. The number of ketones is 1. The fraction of sp³-hybridized carbons (Fsp3) is 0.263. The number of thiophene rings is 1. The number of methoxy groups -OCH3 is 1. The van der Waals surface area contributed by atoms with Gasteiger partial charge in [0.25, 0.3) is 5.91 Å². The van der Waals surface area contributed by atoms with E-state index >= 15 is 0 Å². The molecule has 6 heteroatoms. The van der Waals surface area contributed by atoms with E-state index in [9.17, 15) is 14.7 Å². The van der Waals surface area contributed by atoms with Gasteiger partial charge in [0, 0.05) is 17.8 Å². The van der Waals surface area contributed by atoms with E-state index in [4.69, 9.17) is 4.74 Å². The van der Waals surface area contributed by atoms with Crippen LogP contribution < -0.4 is 4.74 Å². The van der Waals surface area contributed by atoms with Gasteiger partial charge in [0.05, 0.1) is 18.7 Å². The van der Waals surface area contributed by atoms with E-state index < -0.39 is 17.7 Å². The summed E-state index contributed by atoms with van der Waals surface area (Å²) in [7, 11) is 1.58. The number of Topliss-reactive ketones (excluding diaryl/α,β-unsaturated/α-hetero) is 1. The summed E-state index contributed by atoms with van der Waals surface area (Å²) in [5, 5.41) is 12.2. The Morgan fingerprint density at radius 2 is 2.12 bits per heavy atom. The Bertz CT molecular complexity index is 826. The van der Waals surface area contributed by atoms with Gasteiger partial charge in [0.1, 0.15) is 5.75 Å². The standard InChI is InChI=1S/C19H19NO4S/c1-3-14(21)16-17(15-8-5-9-25-15)20(19(23)18(16)22)11-12-6-4-7-13(10-12)24-2/h4-10,17,22H,3,11H2,1-2H3. The second-order valence-electron chi connectivity index (χ2n) is 5.74. The molecule has 130 valence electrons. The predicted octanol–water partition coefficient (Wildman–Crippen LogP) is 3.63. The van der Waals surface area contributed by atoms with E-state index in [0.717, 1.165) is 10.4 Å². The van der Waals surface area contributed by atoms with E-state index in [1.54, 1.807) is 18.9 Å². The third-order valence-corrected chi connectivity index (χ3v) is 5.15. The van der Waals surface area contributed by atoms with Crippen molar-refractivity contribution < 1.29 is 19.4 Å². The van der Waals surface area contributed by atoms with Crippen molar-refractivity contribution in [1.29, 1.82) is 0 Å². The summed E-state index contributed by atoms with van der Waals surface area (Å²) in [6, 6.07) is 10.6. The molecular formula is C19H19NO4S. The van der Waals surface area contributed by atoms with Gasteiger partial charge in [-0.25, -0.2) is 0 Å². The van der Waals surface area contributed by atoms with Crippen LogP contribution >= 0.6 is 11.3 Å². The maximum atomic E-state index is 12.6. The number of nitrogens with zero attached hydrogens (tertiary/aromatic N) is 1. The highest BCUT2D eigenvalue weighted by atomic mass is 32.1. The lowest BCUT2D eigenvalue weighted by Gasteiger charge is -2.25. The summed E-state index contributed by atoms with van der Waals surface area (Å²) in [5.41, 5.74) is 1.06. The summed E-state index contributed by atoms with van der Waals surface area (Å²) >= 11 is 1.46. The van der Waals surface area contributed by atoms with Crippen molar-refractivity contribution >= 4 is 23.0 Å². The third-order valence-electron chi connectivity index (χ3n) is 4.22. The number of benzene rings is 1. The molecule has 0 aliphatic carbocycles. The topological polar surface area (TPSA) is 66.8 Å². The minimum atomic E-state index is -0.550. The number of rotatable bonds is 6. The average molecular weight is 357 g/mol. The molecule has 1 aliphatic rings. The van der Waals surface area contributed by atoms with Crippen LogP contribution in [0.1, 0.15) is 29.8 Å². The van der Waals surface area contributed by atoms with Crippen LogP contribution in [0.5, 0.6) is 5.75 Å². The second kappa shape index (κ2) is 7.11. The Labute approximate surface area is 150 Å². The predicted molar refractivity (Wildman–Crippen MR) is 95.6 cm³/mol. The lowest BCUT2D eigenvalue weighted by atomic mass is 10.00. The number of amides is 1. The molecular weight excluding hydrogens is 338 g/mol. The van der Waals surface area contributed by atoms with Gasteiger partial charge in [-0.15, -0.1) is 11.3 Å². The van der Waals surface area contributed by atoms with E-state index in [2.05, 4.69) is 0 Å².